The minimum atomic E-state index is 0.717. The van der Waals surface area contributed by atoms with Crippen LogP contribution in [-0.4, -0.2) is 41.1 Å². The number of hydrogen-bond acceptors (Lipinski definition) is 3. The maximum Gasteiger partial charge on any atom is 0.203 e. The fourth-order valence-corrected chi connectivity index (χ4v) is 2.77. The van der Waals surface area contributed by atoms with E-state index in [9.17, 15) is 0 Å². The molecule has 1 aromatic rings. The van der Waals surface area contributed by atoms with Gasteiger partial charge in [0.15, 0.2) is 0 Å². The molecule has 1 saturated carbocycles. The number of anilines is 1. The molecule has 3 rings (SSSR count). The smallest absolute Gasteiger partial charge is 0.203 e. The van der Waals surface area contributed by atoms with Gasteiger partial charge in [0.1, 0.15) is 0 Å². The molecule has 0 bridgehead atoms. The minimum Gasteiger partial charge on any atom is -0.355 e. The van der Waals surface area contributed by atoms with Crippen LogP contribution < -0.4 is 5.32 Å². The molecule has 17 heavy (non-hydrogen) atoms. The fraction of sp³-hybridized carbons (Fsp3) is 0.769. The Morgan fingerprint density at radius 2 is 2.29 bits per heavy atom. The van der Waals surface area contributed by atoms with Crippen molar-refractivity contribution >= 4 is 5.95 Å². The average Bonchev–Trinajstić information content (AvgIpc) is 3.06. The molecule has 1 aliphatic carbocycles. The van der Waals surface area contributed by atoms with E-state index in [0.29, 0.717) is 6.04 Å². The highest BCUT2D eigenvalue weighted by Crippen LogP contribution is 2.36. The number of hydrogen-bond donors (Lipinski definition) is 1. The molecule has 2 fully saturated rings. The maximum atomic E-state index is 4.42. The summed E-state index contributed by atoms with van der Waals surface area (Å²) in [5, 5.41) is 3.53. The first-order chi connectivity index (χ1) is 8.33. The molecule has 94 valence electrons. The van der Waals surface area contributed by atoms with Gasteiger partial charge in [0.2, 0.25) is 5.95 Å². The number of nitrogens with zero attached hydrogens (tertiary/aromatic N) is 3. The lowest BCUT2D eigenvalue weighted by Crippen LogP contribution is -2.35. The van der Waals surface area contributed by atoms with Gasteiger partial charge >= 0.3 is 0 Å². The Bertz CT molecular complexity index is 369. The quantitative estimate of drug-likeness (QED) is 0.864. The van der Waals surface area contributed by atoms with Crippen LogP contribution in [0, 0.1) is 5.92 Å². The van der Waals surface area contributed by atoms with Crippen molar-refractivity contribution in [2.24, 2.45) is 5.92 Å². The van der Waals surface area contributed by atoms with E-state index in [1.165, 1.54) is 38.8 Å². The number of piperidine rings is 1. The first kappa shape index (κ1) is 11.1. The van der Waals surface area contributed by atoms with Gasteiger partial charge in [0.25, 0.3) is 0 Å². The van der Waals surface area contributed by atoms with E-state index in [0.717, 1.165) is 18.4 Å². The molecular weight excluding hydrogens is 212 g/mol. The number of nitrogens with one attached hydrogen (secondary N) is 1. The van der Waals surface area contributed by atoms with E-state index in [-0.39, 0.29) is 0 Å². The summed E-state index contributed by atoms with van der Waals surface area (Å²) in [4.78, 5) is 6.85. The fourth-order valence-electron chi connectivity index (χ4n) is 2.77. The van der Waals surface area contributed by atoms with Gasteiger partial charge in [-0.2, -0.15) is 0 Å². The van der Waals surface area contributed by atoms with Crippen LogP contribution in [0.4, 0.5) is 5.95 Å². The molecule has 0 amide bonds. The summed E-state index contributed by atoms with van der Waals surface area (Å²) in [6.07, 6.45) is 9.33. The zero-order chi connectivity index (χ0) is 11.7. The molecule has 0 spiro atoms. The second-order valence-electron chi connectivity index (χ2n) is 5.54. The van der Waals surface area contributed by atoms with Crippen LogP contribution in [0.3, 0.4) is 0 Å². The Balaban J connectivity index is 1.54. The van der Waals surface area contributed by atoms with E-state index in [2.05, 4.69) is 33.0 Å². The summed E-state index contributed by atoms with van der Waals surface area (Å²) in [5.74, 6) is 1.85. The average molecular weight is 234 g/mol. The SMILES string of the molecule is CN1CCCC(CNc2nccn2C2CC2)C1. The summed E-state index contributed by atoms with van der Waals surface area (Å²) >= 11 is 0. The Morgan fingerprint density at radius 3 is 3.06 bits per heavy atom. The summed E-state index contributed by atoms with van der Waals surface area (Å²) in [6, 6.07) is 0.717. The third kappa shape index (κ3) is 2.63. The first-order valence-electron chi connectivity index (χ1n) is 6.78. The first-order valence-corrected chi connectivity index (χ1v) is 6.78. The summed E-state index contributed by atoms with van der Waals surface area (Å²) in [6.45, 7) is 3.54. The monoisotopic (exact) mass is 234 g/mol. The van der Waals surface area contributed by atoms with Gasteiger partial charge in [0.05, 0.1) is 0 Å². The zero-order valence-corrected chi connectivity index (χ0v) is 10.6. The zero-order valence-electron chi connectivity index (χ0n) is 10.6. The highest BCUT2D eigenvalue weighted by Gasteiger charge is 2.25. The highest BCUT2D eigenvalue weighted by molar-refractivity contribution is 5.27. The number of likely N-dealkylation sites (tertiary alicyclic amines) is 1. The van der Waals surface area contributed by atoms with Crippen molar-refractivity contribution in [3.63, 3.8) is 0 Å². The molecule has 4 nitrogen and oxygen atoms in total. The van der Waals surface area contributed by atoms with Crippen LogP contribution in [-0.2, 0) is 0 Å². The van der Waals surface area contributed by atoms with Crippen molar-refractivity contribution < 1.29 is 0 Å². The number of rotatable bonds is 4. The van der Waals surface area contributed by atoms with Crippen molar-refractivity contribution in [1.82, 2.24) is 14.5 Å². The van der Waals surface area contributed by atoms with Gasteiger partial charge in [0, 0.05) is 31.5 Å². The number of imidazole rings is 1. The van der Waals surface area contributed by atoms with Gasteiger partial charge in [-0.05, 0) is 45.2 Å². The van der Waals surface area contributed by atoms with E-state index in [4.69, 9.17) is 0 Å². The third-order valence-corrected chi connectivity index (χ3v) is 3.88. The summed E-state index contributed by atoms with van der Waals surface area (Å²) in [5.41, 5.74) is 0. The molecular formula is C13H22N4. The van der Waals surface area contributed by atoms with Crippen molar-refractivity contribution in [1.29, 1.82) is 0 Å². The van der Waals surface area contributed by atoms with Gasteiger partial charge < -0.3 is 14.8 Å². The van der Waals surface area contributed by atoms with E-state index in [1.807, 2.05) is 6.20 Å². The van der Waals surface area contributed by atoms with Crippen LogP contribution in [0.5, 0.6) is 0 Å². The molecule has 2 aliphatic rings. The van der Waals surface area contributed by atoms with Crippen molar-refractivity contribution in [2.75, 3.05) is 32.0 Å². The van der Waals surface area contributed by atoms with Gasteiger partial charge in [-0.3, -0.25) is 0 Å². The standard InChI is InChI=1S/C13H22N4/c1-16-7-2-3-11(10-16)9-15-13-14-6-8-17(13)12-4-5-12/h6,8,11-12H,2-5,7,9-10H2,1H3,(H,14,15). The largest absolute Gasteiger partial charge is 0.355 e. The molecule has 2 heterocycles. The molecule has 0 aromatic carbocycles. The summed E-state index contributed by atoms with van der Waals surface area (Å²) < 4.78 is 2.30. The summed E-state index contributed by atoms with van der Waals surface area (Å²) in [7, 11) is 2.22. The van der Waals surface area contributed by atoms with E-state index >= 15 is 0 Å². The lowest BCUT2D eigenvalue weighted by atomic mass is 9.99. The van der Waals surface area contributed by atoms with Crippen LogP contribution >= 0.6 is 0 Å². The topological polar surface area (TPSA) is 33.1 Å². The van der Waals surface area contributed by atoms with Gasteiger partial charge in [-0.25, -0.2) is 4.98 Å². The van der Waals surface area contributed by atoms with Crippen molar-refractivity contribution in [3.8, 4) is 0 Å². The highest BCUT2D eigenvalue weighted by atomic mass is 15.2. The van der Waals surface area contributed by atoms with Crippen LogP contribution in [0.1, 0.15) is 31.7 Å². The van der Waals surface area contributed by atoms with Crippen LogP contribution in [0.25, 0.3) is 0 Å². The van der Waals surface area contributed by atoms with Gasteiger partial charge in [-0.1, -0.05) is 0 Å². The van der Waals surface area contributed by atoms with Gasteiger partial charge in [-0.15, -0.1) is 0 Å². The normalized spacial score (nSPS) is 26.1. The Kier molecular flexibility index (Phi) is 3.05. The Hall–Kier alpha value is -1.03. The lowest BCUT2D eigenvalue weighted by molar-refractivity contribution is 0.217. The molecule has 1 N–H and O–H groups in total. The van der Waals surface area contributed by atoms with Crippen molar-refractivity contribution in [2.45, 2.75) is 31.7 Å². The van der Waals surface area contributed by atoms with Crippen LogP contribution in [0.2, 0.25) is 0 Å². The third-order valence-electron chi connectivity index (χ3n) is 3.88. The minimum absolute atomic E-state index is 0.717. The molecule has 1 aliphatic heterocycles. The Morgan fingerprint density at radius 1 is 1.41 bits per heavy atom. The van der Waals surface area contributed by atoms with E-state index < -0.39 is 0 Å². The van der Waals surface area contributed by atoms with Crippen LogP contribution in [0.15, 0.2) is 12.4 Å². The molecule has 1 atom stereocenters. The Labute approximate surface area is 103 Å². The predicted octanol–water partition coefficient (Wildman–Crippen LogP) is 1.97. The van der Waals surface area contributed by atoms with E-state index in [1.54, 1.807) is 0 Å². The van der Waals surface area contributed by atoms with Crippen molar-refractivity contribution in [3.05, 3.63) is 12.4 Å². The second kappa shape index (κ2) is 4.69. The molecule has 1 saturated heterocycles. The lowest BCUT2D eigenvalue weighted by Gasteiger charge is -2.29. The second-order valence-corrected chi connectivity index (χ2v) is 5.54. The molecule has 1 aromatic heterocycles. The molecule has 1 unspecified atom stereocenters. The molecule has 4 heteroatoms. The molecule has 0 radical (unpaired) electrons. The maximum absolute atomic E-state index is 4.42. The predicted molar refractivity (Wildman–Crippen MR) is 69.2 cm³/mol. The number of aromatic nitrogens is 2.